The van der Waals surface area contributed by atoms with E-state index in [-0.39, 0.29) is 24.7 Å². The van der Waals surface area contributed by atoms with E-state index in [1.165, 1.54) is 7.11 Å². The van der Waals surface area contributed by atoms with Crippen LogP contribution in [0.5, 0.6) is 0 Å². The fraction of sp³-hybridized carbons (Fsp3) is 0.450. The standard InChI is InChI=1S/C20H25N5O4/c1-29-18(26)10-9-17(20(28)24-11-3-2-4-12-24)23-19(27)15-5-7-16(8-6-15)25-13-21-22-14-25/h5-8,13-14,17H,2-4,9-12H2,1H3,(H,23,27)/t17-/m0/s1. The largest absolute Gasteiger partial charge is 0.469 e. The molecule has 1 N–H and O–H groups in total. The van der Waals surface area contributed by atoms with Crippen molar-refractivity contribution in [3.05, 3.63) is 42.5 Å². The molecule has 0 saturated carbocycles. The Labute approximate surface area is 169 Å². The molecular weight excluding hydrogens is 374 g/mol. The second-order valence-electron chi connectivity index (χ2n) is 6.94. The van der Waals surface area contributed by atoms with Gasteiger partial charge in [-0.05, 0) is 49.9 Å². The molecule has 2 heterocycles. The van der Waals surface area contributed by atoms with Gasteiger partial charge in [0, 0.05) is 30.8 Å². The third kappa shape index (κ3) is 5.40. The Bertz CT molecular complexity index is 829. The normalized spacial score (nSPS) is 14.9. The average Bonchev–Trinajstić information content (AvgIpc) is 3.31. The second-order valence-corrected chi connectivity index (χ2v) is 6.94. The van der Waals surface area contributed by atoms with Crippen LogP contribution >= 0.6 is 0 Å². The summed E-state index contributed by atoms with van der Waals surface area (Å²) in [6.45, 7) is 1.36. The van der Waals surface area contributed by atoms with E-state index in [2.05, 4.69) is 20.3 Å². The highest BCUT2D eigenvalue weighted by Crippen LogP contribution is 2.14. The molecule has 154 valence electrons. The van der Waals surface area contributed by atoms with E-state index in [0.29, 0.717) is 18.7 Å². The van der Waals surface area contributed by atoms with Crippen molar-refractivity contribution in [3.8, 4) is 5.69 Å². The smallest absolute Gasteiger partial charge is 0.305 e. The van der Waals surface area contributed by atoms with Crippen LogP contribution in [0.1, 0.15) is 42.5 Å². The van der Waals surface area contributed by atoms with E-state index >= 15 is 0 Å². The van der Waals surface area contributed by atoms with Crippen LogP contribution in [0.25, 0.3) is 5.69 Å². The van der Waals surface area contributed by atoms with E-state index in [4.69, 9.17) is 0 Å². The Kier molecular flexibility index (Phi) is 6.94. The first-order valence-corrected chi connectivity index (χ1v) is 9.70. The van der Waals surface area contributed by atoms with E-state index in [9.17, 15) is 14.4 Å². The summed E-state index contributed by atoms with van der Waals surface area (Å²) < 4.78 is 6.40. The third-order valence-electron chi connectivity index (χ3n) is 4.98. The van der Waals surface area contributed by atoms with Crippen LogP contribution in [-0.2, 0) is 14.3 Å². The molecule has 2 amide bonds. The number of hydrogen-bond acceptors (Lipinski definition) is 6. The molecule has 1 aromatic heterocycles. The van der Waals surface area contributed by atoms with Crippen molar-refractivity contribution in [2.45, 2.75) is 38.1 Å². The number of ether oxygens (including phenoxy) is 1. The number of carbonyl (C=O) groups is 3. The van der Waals surface area contributed by atoms with E-state index in [0.717, 1.165) is 24.9 Å². The fourth-order valence-electron chi connectivity index (χ4n) is 3.32. The molecule has 3 rings (SSSR count). The molecule has 1 aromatic carbocycles. The summed E-state index contributed by atoms with van der Waals surface area (Å²) in [4.78, 5) is 39.0. The van der Waals surface area contributed by atoms with Crippen LogP contribution in [-0.4, -0.2) is 63.7 Å². The Morgan fingerprint density at radius 1 is 1.07 bits per heavy atom. The zero-order chi connectivity index (χ0) is 20.6. The number of piperidine rings is 1. The first-order valence-electron chi connectivity index (χ1n) is 9.70. The molecule has 9 nitrogen and oxygen atoms in total. The summed E-state index contributed by atoms with van der Waals surface area (Å²) in [6.07, 6.45) is 6.40. The molecule has 1 fully saturated rings. The van der Waals surface area contributed by atoms with Crippen LogP contribution in [0.3, 0.4) is 0 Å². The first kappa shape index (κ1) is 20.5. The molecule has 1 aliphatic rings. The SMILES string of the molecule is COC(=O)CC[C@H](NC(=O)c1ccc(-n2cnnc2)cc1)C(=O)N1CCCCC1. The van der Waals surface area contributed by atoms with E-state index in [1.807, 2.05) is 0 Å². The zero-order valence-electron chi connectivity index (χ0n) is 16.4. The third-order valence-corrected chi connectivity index (χ3v) is 4.98. The zero-order valence-corrected chi connectivity index (χ0v) is 16.4. The van der Waals surface area contributed by atoms with Gasteiger partial charge in [-0.15, -0.1) is 10.2 Å². The van der Waals surface area contributed by atoms with Gasteiger partial charge in [-0.2, -0.15) is 0 Å². The number of hydrogen-bond donors (Lipinski definition) is 1. The molecule has 1 aliphatic heterocycles. The van der Waals surface area contributed by atoms with Gasteiger partial charge in [0.2, 0.25) is 5.91 Å². The Morgan fingerprint density at radius 2 is 1.72 bits per heavy atom. The van der Waals surface area contributed by atoms with Gasteiger partial charge >= 0.3 is 5.97 Å². The number of rotatable bonds is 7. The molecule has 1 saturated heterocycles. The lowest BCUT2D eigenvalue weighted by Crippen LogP contribution is -2.50. The maximum Gasteiger partial charge on any atom is 0.305 e. The molecule has 9 heteroatoms. The number of methoxy groups -OCH3 is 1. The Balaban J connectivity index is 1.68. The maximum absolute atomic E-state index is 12.9. The topological polar surface area (TPSA) is 106 Å². The van der Waals surface area contributed by atoms with Crippen LogP contribution in [0.2, 0.25) is 0 Å². The van der Waals surface area contributed by atoms with Gasteiger partial charge in [0.1, 0.15) is 18.7 Å². The summed E-state index contributed by atoms with van der Waals surface area (Å²) in [7, 11) is 1.31. The molecule has 29 heavy (non-hydrogen) atoms. The highest BCUT2D eigenvalue weighted by Gasteiger charge is 2.28. The van der Waals surface area contributed by atoms with Crippen molar-refractivity contribution in [2.24, 2.45) is 0 Å². The summed E-state index contributed by atoms with van der Waals surface area (Å²) >= 11 is 0. The van der Waals surface area contributed by atoms with Crippen molar-refractivity contribution in [2.75, 3.05) is 20.2 Å². The van der Waals surface area contributed by atoms with Crippen molar-refractivity contribution in [3.63, 3.8) is 0 Å². The number of aromatic nitrogens is 3. The summed E-state index contributed by atoms with van der Waals surface area (Å²) in [5.74, 6) is -0.919. The van der Waals surface area contributed by atoms with Crippen molar-refractivity contribution < 1.29 is 19.1 Å². The number of esters is 1. The van der Waals surface area contributed by atoms with Gasteiger partial charge < -0.3 is 15.0 Å². The number of likely N-dealkylation sites (tertiary alicyclic amines) is 1. The van der Waals surface area contributed by atoms with Crippen LogP contribution in [0, 0.1) is 0 Å². The van der Waals surface area contributed by atoms with Gasteiger partial charge in [-0.3, -0.25) is 19.0 Å². The Morgan fingerprint density at radius 3 is 2.34 bits per heavy atom. The van der Waals surface area contributed by atoms with E-state index < -0.39 is 12.0 Å². The summed E-state index contributed by atoms with van der Waals surface area (Å²) in [5.41, 5.74) is 1.24. The van der Waals surface area contributed by atoms with Crippen LogP contribution in [0.15, 0.2) is 36.9 Å². The average molecular weight is 399 g/mol. The van der Waals surface area contributed by atoms with Crippen LogP contribution < -0.4 is 5.32 Å². The summed E-state index contributed by atoms with van der Waals surface area (Å²) in [6, 6.07) is 6.13. The van der Waals surface area contributed by atoms with Crippen molar-refractivity contribution >= 4 is 17.8 Å². The monoisotopic (exact) mass is 399 g/mol. The predicted molar refractivity (Wildman–Crippen MR) is 104 cm³/mol. The number of nitrogens with zero attached hydrogens (tertiary/aromatic N) is 4. The number of benzene rings is 1. The predicted octanol–water partition coefficient (Wildman–Crippen LogP) is 1.33. The number of amides is 2. The minimum atomic E-state index is -0.766. The minimum absolute atomic E-state index is 0.0631. The molecule has 0 aliphatic carbocycles. The van der Waals surface area contributed by atoms with Gasteiger partial charge in [0.25, 0.3) is 5.91 Å². The number of carbonyl (C=O) groups excluding carboxylic acids is 3. The minimum Gasteiger partial charge on any atom is -0.469 e. The lowest BCUT2D eigenvalue weighted by Gasteiger charge is -2.30. The Hall–Kier alpha value is -3.23. The quantitative estimate of drug-likeness (QED) is 0.704. The van der Waals surface area contributed by atoms with E-state index in [1.54, 1.807) is 46.4 Å². The lowest BCUT2D eigenvalue weighted by molar-refractivity contribution is -0.141. The van der Waals surface area contributed by atoms with Gasteiger partial charge in [-0.1, -0.05) is 0 Å². The molecule has 0 spiro atoms. The molecule has 1 atom stereocenters. The highest BCUT2D eigenvalue weighted by atomic mass is 16.5. The molecular formula is C20H25N5O4. The van der Waals surface area contributed by atoms with Gasteiger partial charge in [0.15, 0.2) is 0 Å². The van der Waals surface area contributed by atoms with Gasteiger partial charge in [-0.25, -0.2) is 0 Å². The molecule has 0 bridgehead atoms. The number of nitrogens with one attached hydrogen (secondary N) is 1. The summed E-state index contributed by atoms with van der Waals surface area (Å²) in [5, 5.41) is 10.3. The molecule has 0 unspecified atom stereocenters. The fourth-order valence-corrected chi connectivity index (χ4v) is 3.32. The maximum atomic E-state index is 12.9. The highest BCUT2D eigenvalue weighted by molar-refractivity contribution is 5.97. The molecule has 0 radical (unpaired) electrons. The van der Waals surface area contributed by atoms with Gasteiger partial charge in [0.05, 0.1) is 7.11 Å². The second kappa shape index (κ2) is 9.81. The van der Waals surface area contributed by atoms with Crippen molar-refractivity contribution in [1.29, 1.82) is 0 Å². The lowest BCUT2D eigenvalue weighted by atomic mass is 10.1. The van der Waals surface area contributed by atoms with Crippen LogP contribution in [0.4, 0.5) is 0 Å². The van der Waals surface area contributed by atoms with Crippen molar-refractivity contribution in [1.82, 2.24) is 25.0 Å². The first-order chi connectivity index (χ1) is 14.1. The molecule has 2 aromatic rings.